The zero-order valence-electron chi connectivity index (χ0n) is 17.1. The van der Waals surface area contributed by atoms with Crippen molar-refractivity contribution in [1.82, 2.24) is 0 Å². The largest absolute Gasteiger partial charge is 0.452 e. The van der Waals surface area contributed by atoms with E-state index in [1.54, 1.807) is 42.5 Å². The lowest BCUT2D eigenvalue weighted by atomic mass is 10.1. The van der Waals surface area contributed by atoms with Gasteiger partial charge in [-0.1, -0.05) is 36.9 Å². The van der Waals surface area contributed by atoms with Crippen LogP contribution in [0.2, 0.25) is 0 Å². The van der Waals surface area contributed by atoms with Gasteiger partial charge >= 0.3 is 11.9 Å². The molecule has 0 atom stereocenters. The van der Waals surface area contributed by atoms with Crippen LogP contribution in [0, 0.1) is 20.8 Å². The van der Waals surface area contributed by atoms with Gasteiger partial charge in [0.25, 0.3) is 0 Å². The van der Waals surface area contributed by atoms with Crippen molar-refractivity contribution in [3.8, 4) is 23.0 Å². The van der Waals surface area contributed by atoms with E-state index in [4.69, 9.17) is 14.2 Å². The normalized spacial score (nSPS) is 10.2. The zero-order chi connectivity index (χ0) is 21.7. The molecule has 0 aliphatic rings. The Kier molecular flexibility index (Phi) is 6.32. The van der Waals surface area contributed by atoms with Gasteiger partial charge in [-0.05, 0) is 67.8 Å². The van der Waals surface area contributed by atoms with Gasteiger partial charge in [0, 0.05) is 6.08 Å². The Balaban J connectivity index is 2.04. The first-order valence-electron chi connectivity index (χ1n) is 9.39. The van der Waals surface area contributed by atoms with E-state index >= 15 is 0 Å². The van der Waals surface area contributed by atoms with Gasteiger partial charge in [-0.15, -0.1) is 0 Å². The van der Waals surface area contributed by atoms with Gasteiger partial charge in [0.05, 0.1) is 0 Å². The summed E-state index contributed by atoms with van der Waals surface area (Å²) in [5, 5.41) is 0. The maximum Gasteiger partial charge on any atom is 0.347 e. The minimum absolute atomic E-state index is 0.0963. The molecule has 3 aromatic carbocycles. The van der Waals surface area contributed by atoms with Gasteiger partial charge in [0.1, 0.15) is 17.1 Å². The van der Waals surface area contributed by atoms with Crippen LogP contribution < -0.4 is 14.2 Å². The number of carbonyl (C=O) groups is 2. The second kappa shape index (κ2) is 9.09. The summed E-state index contributed by atoms with van der Waals surface area (Å²) in [6.07, 6.45) is 1.04. The Labute approximate surface area is 175 Å². The highest BCUT2D eigenvalue weighted by Gasteiger charge is 2.22. The third-order valence-electron chi connectivity index (χ3n) is 4.54. The number of aryl methyl sites for hydroxylation is 2. The minimum Gasteiger partial charge on any atom is -0.452 e. The van der Waals surface area contributed by atoms with E-state index in [2.05, 4.69) is 6.58 Å². The molecule has 0 bridgehead atoms. The molecule has 152 valence electrons. The molecule has 30 heavy (non-hydrogen) atoms. The van der Waals surface area contributed by atoms with E-state index < -0.39 is 11.9 Å². The summed E-state index contributed by atoms with van der Waals surface area (Å²) in [5.74, 6) is -0.145. The molecule has 0 saturated heterocycles. The molecule has 0 fully saturated rings. The number of esters is 2. The summed E-state index contributed by atoms with van der Waals surface area (Å²) in [6, 6.07) is 17.4. The number of rotatable bonds is 6. The quantitative estimate of drug-likeness (QED) is 0.300. The summed E-state index contributed by atoms with van der Waals surface area (Å²) < 4.78 is 16.9. The lowest BCUT2D eigenvalue weighted by Crippen LogP contribution is -2.12. The van der Waals surface area contributed by atoms with Crippen LogP contribution in [0.5, 0.6) is 23.0 Å². The minimum atomic E-state index is -0.662. The Morgan fingerprint density at radius 2 is 1.57 bits per heavy atom. The smallest absolute Gasteiger partial charge is 0.347 e. The van der Waals surface area contributed by atoms with Crippen molar-refractivity contribution in [1.29, 1.82) is 0 Å². The van der Waals surface area contributed by atoms with Crippen LogP contribution in [0.25, 0.3) is 0 Å². The average Bonchev–Trinajstić information content (AvgIpc) is 2.72. The number of ether oxygens (including phenoxy) is 3. The number of para-hydroxylation sites is 1. The molecule has 0 aliphatic heterocycles. The van der Waals surface area contributed by atoms with E-state index in [0.717, 1.165) is 22.8 Å². The summed E-state index contributed by atoms with van der Waals surface area (Å²) in [5.41, 5.74) is 3.02. The topological polar surface area (TPSA) is 61.8 Å². The van der Waals surface area contributed by atoms with Gasteiger partial charge in [0.15, 0.2) is 11.5 Å². The molecule has 0 unspecified atom stereocenters. The standard InChI is InChI=1S/C25H22O5/c1-5-23(26)29-22-14-8-12-20(25(27)28-19-11-6-9-16(2)15-19)24(22)30-21-13-7-10-17(3)18(21)4/h5-15H,1H2,2-4H3. The lowest BCUT2D eigenvalue weighted by Gasteiger charge is -2.16. The van der Waals surface area contributed by atoms with Crippen molar-refractivity contribution >= 4 is 11.9 Å². The first-order chi connectivity index (χ1) is 14.4. The molecule has 0 aromatic heterocycles. The highest BCUT2D eigenvalue weighted by Crippen LogP contribution is 2.37. The molecule has 0 N–H and O–H groups in total. The van der Waals surface area contributed by atoms with Crippen molar-refractivity contribution in [2.24, 2.45) is 0 Å². The molecule has 3 aromatic rings. The Morgan fingerprint density at radius 1 is 0.867 bits per heavy atom. The van der Waals surface area contributed by atoms with Crippen LogP contribution in [0.15, 0.2) is 73.3 Å². The van der Waals surface area contributed by atoms with Crippen LogP contribution >= 0.6 is 0 Å². The van der Waals surface area contributed by atoms with Crippen molar-refractivity contribution in [3.05, 3.63) is 95.6 Å². The van der Waals surface area contributed by atoms with Crippen LogP contribution in [0.4, 0.5) is 0 Å². The summed E-state index contributed by atoms with van der Waals surface area (Å²) in [7, 11) is 0. The van der Waals surface area contributed by atoms with Crippen LogP contribution in [-0.2, 0) is 4.79 Å². The van der Waals surface area contributed by atoms with E-state index in [1.807, 2.05) is 39.0 Å². The maximum absolute atomic E-state index is 12.9. The van der Waals surface area contributed by atoms with Gasteiger partial charge < -0.3 is 14.2 Å². The first kappa shape index (κ1) is 20.9. The predicted octanol–water partition coefficient (Wildman–Crippen LogP) is 5.71. The number of hydrogen-bond donors (Lipinski definition) is 0. The van der Waals surface area contributed by atoms with Crippen molar-refractivity contribution < 1.29 is 23.8 Å². The Hall–Kier alpha value is -3.86. The van der Waals surface area contributed by atoms with E-state index in [0.29, 0.717) is 11.5 Å². The molecule has 0 amide bonds. The molecule has 0 spiro atoms. The van der Waals surface area contributed by atoms with Crippen LogP contribution in [0.3, 0.4) is 0 Å². The molecule has 5 heteroatoms. The third kappa shape index (κ3) is 4.75. The molecule has 0 heterocycles. The lowest BCUT2D eigenvalue weighted by molar-refractivity contribution is -0.129. The fourth-order valence-electron chi connectivity index (χ4n) is 2.80. The second-order valence-electron chi connectivity index (χ2n) is 6.76. The molecular formula is C25H22O5. The van der Waals surface area contributed by atoms with Gasteiger partial charge in [-0.2, -0.15) is 0 Å². The van der Waals surface area contributed by atoms with Gasteiger partial charge in [-0.25, -0.2) is 9.59 Å². The summed E-state index contributed by atoms with van der Waals surface area (Å²) in [6.45, 7) is 9.18. The number of hydrogen-bond acceptors (Lipinski definition) is 5. The van der Waals surface area contributed by atoms with Crippen LogP contribution in [-0.4, -0.2) is 11.9 Å². The van der Waals surface area contributed by atoms with Gasteiger partial charge in [-0.3, -0.25) is 0 Å². The second-order valence-corrected chi connectivity index (χ2v) is 6.76. The SMILES string of the molecule is C=CC(=O)Oc1cccc(C(=O)Oc2cccc(C)c2)c1Oc1cccc(C)c1C. The van der Waals surface area contributed by atoms with Crippen molar-refractivity contribution in [3.63, 3.8) is 0 Å². The number of carbonyl (C=O) groups excluding carboxylic acids is 2. The average molecular weight is 402 g/mol. The van der Waals surface area contributed by atoms with E-state index in [-0.39, 0.29) is 17.1 Å². The van der Waals surface area contributed by atoms with E-state index in [1.165, 1.54) is 0 Å². The predicted molar refractivity (Wildman–Crippen MR) is 114 cm³/mol. The molecule has 0 aliphatic carbocycles. The Morgan fingerprint density at radius 3 is 2.30 bits per heavy atom. The van der Waals surface area contributed by atoms with Gasteiger partial charge in [0.2, 0.25) is 0 Å². The fraction of sp³-hybridized carbons (Fsp3) is 0.120. The summed E-state index contributed by atoms with van der Waals surface area (Å²) >= 11 is 0. The molecule has 5 nitrogen and oxygen atoms in total. The summed E-state index contributed by atoms with van der Waals surface area (Å²) in [4.78, 5) is 24.7. The molecule has 0 saturated carbocycles. The highest BCUT2D eigenvalue weighted by molar-refractivity contribution is 5.96. The maximum atomic E-state index is 12.9. The van der Waals surface area contributed by atoms with E-state index in [9.17, 15) is 9.59 Å². The first-order valence-corrected chi connectivity index (χ1v) is 9.39. The molecule has 3 rings (SSSR count). The molecule has 0 radical (unpaired) electrons. The molecular weight excluding hydrogens is 380 g/mol. The highest BCUT2D eigenvalue weighted by atomic mass is 16.6. The zero-order valence-corrected chi connectivity index (χ0v) is 17.1. The Bertz CT molecular complexity index is 1110. The van der Waals surface area contributed by atoms with Crippen molar-refractivity contribution in [2.45, 2.75) is 20.8 Å². The fourth-order valence-corrected chi connectivity index (χ4v) is 2.80. The van der Waals surface area contributed by atoms with Crippen molar-refractivity contribution in [2.75, 3.05) is 0 Å². The third-order valence-corrected chi connectivity index (χ3v) is 4.54. The van der Waals surface area contributed by atoms with Crippen LogP contribution in [0.1, 0.15) is 27.0 Å². The monoisotopic (exact) mass is 402 g/mol. The number of benzene rings is 3.